The van der Waals surface area contributed by atoms with Crippen molar-refractivity contribution in [3.05, 3.63) is 29.8 Å². The van der Waals surface area contributed by atoms with Crippen molar-refractivity contribution in [3.63, 3.8) is 0 Å². The van der Waals surface area contributed by atoms with E-state index in [1.54, 1.807) is 7.11 Å². The Morgan fingerprint density at radius 3 is 2.82 bits per heavy atom. The maximum Gasteiger partial charge on any atom is 0.119 e. The number of hydrogen-bond acceptors (Lipinski definition) is 3. The Labute approximate surface area is 104 Å². The third-order valence-electron chi connectivity index (χ3n) is 2.74. The number of nitriles is 1. The summed E-state index contributed by atoms with van der Waals surface area (Å²) in [5, 5.41) is 8.83. The Bertz CT molecular complexity index is 384. The predicted molar refractivity (Wildman–Crippen MR) is 68.7 cm³/mol. The molecule has 0 saturated heterocycles. The van der Waals surface area contributed by atoms with Crippen LogP contribution >= 0.6 is 0 Å². The summed E-state index contributed by atoms with van der Waals surface area (Å²) in [6, 6.07) is 10.3. The van der Waals surface area contributed by atoms with Crippen molar-refractivity contribution in [1.29, 1.82) is 5.26 Å². The van der Waals surface area contributed by atoms with Crippen molar-refractivity contribution in [3.8, 4) is 11.8 Å². The predicted octanol–water partition coefficient (Wildman–Crippen LogP) is 2.68. The molecule has 0 bridgehead atoms. The van der Waals surface area contributed by atoms with Gasteiger partial charge in [-0.2, -0.15) is 5.26 Å². The van der Waals surface area contributed by atoms with E-state index in [0.717, 1.165) is 25.4 Å². The molecule has 0 saturated carbocycles. The lowest BCUT2D eigenvalue weighted by molar-refractivity contribution is 0.260. The monoisotopic (exact) mass is 232 g/mol. The molecule has 1 aromatic rings. The average Bonchev–Trinajstić information content (AvgIpc) is 2.37. The first-order chi connectivity index (χ1) is 8.19. The van der Waals surface area contributed by atoms with Crippen molar-refractivity contribution in [2.45, 2.75) is 20.4 Å². The van der Waals surface area contributed by atoms with Crippen LogP contribution in [0.15, 0.2) is 24.3 Å². The number of hydrogen-bond donors (Lipinski definition) is 0. The zero-order chi connectivity index (χ0) is 12.7. The Hall–Kier alpha value is -1.53. The van der Waals surface area contributed by atoms with Crippen LogP contribution in [0.3, 0.4) is 0 Å². The minimum Gasteiger partial charge on any atom is -0.497 e. The molecule has 0 heterocycles. The van der Waals surface area contributed by atoms with Crippen LogP contribution in [-0.4, -0.2) is 25.1 Å². The first-order valence-corrected chi connectivity index (χ1v) is 5.94. The van der Waals surface area contributed by atoms with Gasteiger partial charge >= 0.3 is 0 Å². The van der Waals surface area contributed by atoms with E-state index >= 15 is 0 Å². The van der Waals surface area contributed by atoms with E-state index < -0.39 is 0 Å². The molecule has 1 rings (SSSR count). The molecule has 3 heteroatoms. The lowest BCUT2D eigenvalue weighted by Gasteiger charge is -2.21. The van der Waals surface area contributed by atoms with Crippen molar-refractivity contribution in [2.75, 3.05) is 20.2 Å². The van der Waals surface area contributed by atoms with Crippen molar-refractivity contribution in [2.24, 2.45) is 5.92 Å². The first kappa shape index (κ1) is 13.5. The molecular formula is C14H20N2O. The van der Waals surface area contributed by atoms with Crippen LogP contribution in [-0.2, 0) is 6.54 Å². The summed E-state index contributed by atoms with van der Waals surface area (Å²) in [6.45, 7) is 6.69. The van der Waals surface area contributed by atoms with Gasteiger partial charge in [-0.15, -0.1) is 0 Å². The Morgan fingerprint density at radius 1 is 1.47 bits per heavy atom. The Balaban J connectivity index is 2.64. The number of nitrogens with zero attached hydrogens (tertiary/aromatic N) is 2. The number of benzene rings is 1. The minimum atomic E-state index is 0.0700. The van der Waals surface area contributed by atoms with Gasteiger partial charge < -0.3 is 4.74 Å². The molecule has 0 amide bonds. The molecule has 0 fully saturated rings. The van der Waals surface area contributed by atoms with Gasteiger partial charge in [-0.1, -0.05) is 19.1 Å². The van der Waals surface area contributed by atoms with Gasteiger partial charge in [0, 0.05) is 13.1 Å². The third-order valence-corrected chi connectivity index (χ3v) is 2.74. The van der Waals surface area contributed by atoms with Gasteiger partial charge in [0.15, 0.2) is 0 Å². The zero-order valence-electron chi connectivity index (χ0n) is 10.8. The van der Waals surface area contributed by atoms with Gasteiger partial charge in [-0.3, -0.25) is 4.90 Å². The quantitative estimate of drug-likeness (QED) is 0.756. The van der Waals surface area contributed by atoms with Gasteiger partial charge in [-0.05, 0) is 31.2 Å². The summed E-state index contributed by atoms with van der Waals surface area (Å²) in [5.41, 5.74) is 1.22. The SMILES string of the molecule is CCN(Cc1cccc(OC)c1)CC(C)C#N. The van der Waals surface area contributed by atoms with Gasteiger partial charge in [0.25, 0.3) is 0 Å². The van der Waals surface area contributed by atoms with E-state index in [1.165, 1.54) is 5.56 Å². The van der Waals surface area contributed by atoms with Gasteiger partial charge in [0.05, 0.1) is 19.1 Å². The summed E-state index contributed by atoms with van der Waals surface area (Å²) in [5.74, 6) is 0.951. The van der Waals surface area contributed by atoms with Crippen LogP contribution in [0.5, 0.6) is 5.75 Å². The number of rotatable bonds is 6. The highest BCUT2D eigenvalue weighted by atomic mass is 16.5. The molecule has 17 heavy (non-hydrogen) atoms. The van der Waals surface area contributed by atoms with Gasteiger partial charge in [-0.25, -0.2) is 0 Å². The molecule has 0 aliphatic heterocycles. The highest BCUT2D eigenvalue weighted by Gasteiger charge is 2.08. The molecule has 1 unspecified atom stereocenters. The van der Waals surface area contributed by atoms with Crippen LogP contribution in [0.25, 0.3) is 0 Å². The molecule has 0 aliphatic carbocycles. The number of ether oxygens (including phenoxy) is 1. The molecule has 1 atom stereocenters. The molecule has 3 nitrogen and oxygen atoms in total. The Morgan fingerprint density at radius 2 is 2.24 bits per heavy atom. The van der Waals surface area contributed by atoms with Crippen LogP contribution in [0.2, 0.25) is 0 Å². The van der Waals surface area contributed by atoms with Crippen LogP contribution in [0.4, 0.5) is 0 Å². The first-order valence-electron chi connectivity index (χ1n) is 5.94. The molecular weight excluding hydrogens is 212 g/mol. The fourth-order valence-corrected chi connectivity index (χ4v) is 1.76. The second-order valence-electron chi connectivity index (χ2n) is 4.21. The zero-order valence-corrected chi connectivity index (χ0v) is 10.8. The fraction of sp³-hybridized carbons (Fsp3) is 0.500. The van der Waals surface area contributed by atoms with Gasteiger partial charge in [0.1, 0.15) is 5.75 Å². The molecule has 1 aromatic carbocycles. The summed E-state index contributed by atoms with van der Waals surface area (Å²) < 4.78 is 5.20. The normalized spacial score (nSPS) is 12.2. The lowest BCUT2D eigenvalue weighted by Crippen LogP contribution is -2.27. The largest absolute Gasteiger partial charge is 0.497 e. The van der Waals surface area contributed by atoms with Crippen LogP contribution in [0.1, 0.15) is 19.4 Å². The smallest absolute Gasteiger partial charge is 0.119 e. The van der Waals surface area contributed by atoms with E-state index in [9.17, 15) is 0 Å². The average molecular weight is 232 g/mol. The summed E-state index contributed by atoms with van der Waals surface area (Å²) >= 11 is 0. The van der Waals surface area contributed by atoms with Crippen molar-refractivity contribution >= 4 is 0 Å². The summed E-state index contributed by atoms with van der Waals surface area (Å²) in [4.78, 5) is 2.27. The van der Waals surface area contributed by atoms with Crippen LogP contribution in [0, 0.1) is 17.2 Å². The summed E-state index contributed by atoms with van der Waals surface area (Å²) in [6.07, 6.45) is 0. The fourth-order valence-electron chi connectivity index (χ4n) is 1.76. The van der Waals surface area contributed by atoms with E-state index in [1.807, 2.05) is 25.1 Å². The minimum absolute atomic E-state index is 0.0700. The third kappa shape index (κ3) is 4.46. The Kier molecular flexibility index (Phi) is 5.51. The molecule has 0 aliphatic rings. The maximum absolute atomic E-state index is 8.83. The standard InChI is InChI=1S/C14H20N2O/c1-4-16(10-12(2)9-15)11-13-6-5-7-14(8-13)17-3/h5-8,12H,4,10-11H2,1-3H3. The maximum atomic E-state index is 8.83. The molecule has 0 radical (unpaired) electrons. The highest BCUT2D eigenvalue weighted by Crippen LogP contribution is 2.14. The van der Waals surface area contributed by atoms with Gasteiger partial charge in [0.2, 0.25) is 0 Å². The number of methoxy groups -OCH3 is 1. The molecule has 0 aromatic heterocycles. The van der Waals surface area contributed by atoms with E-state index in [4.69, 9.17) is 10.00 Å². The van der Waals surface area contributed by atoms with Crippen LogP contribution < -0.4 is 4.74 Å². The van der Waals surface area contributed by atoms with E-state index in [-0.39, 0.29) is 5.92 Å². The van der Waals surface area contributed by atoms with Crippen molar-refractivity contribution in [1.82, 2.24) is 4.90 Å². The highest BCUT2D eigenvalue weighted by molar-refractivity contribution is 5.28. The summed E-state index contributed by atoms with van der Waals surface area (Å²) in [7, 11) is 1.68. The second kappa shape index (κ2) is 6.93. The van der Waals surface area contributed by atoms with Crippen molar-refractivity contribution < 1.29 is 4.74 Å². The lowest BCUT2D eigenvalue weighted by atomic mass is 10.1. The molecule has 0 spiro atoms. The molecule has 92 valence electrons. The van der Waals surface area contributed by atoms with E-state index in [0.29, 0.717) is 0 Å². The topological polar surface area (TPSA) is 36.3 Å². The second-order valence-corrected chi connectivity index (χ2v) is 4.21. The van der Waals surface area contributed by atoms with E-state index in [2.05, 4.69) is 24.0 Å². The molecule has 0 N–H and O–H groups in total.